The van der Waals surface area contributed by atoms with Crippen molar-refractivity contribution < 1.29 is 9.63 Å². The van der Waals surface area contributed by atoms with Gasteiger partial charge in [-0.25, -0.2) is 0 Å². The van der Waals surface area contributed by atoms with Gasteiger partial charge in [-0.15, -0.1) is 0 Å². The molecule has 0 radical (unpaired) electrons. The molecule has 1 aliphatic heterocycles. The van der Waals surface area contributed by atoms with Crippen LogP contribution in [0, 0.1) is 0 Å². The number of nitrogens with zero attached hydrogens (tertiary/aromatic N) is 5. The molecule has 23 heavy (non-hydrogen) atoms. The molecule has 0 bridgehead atoms. The van der Waals surface area contributed by atoms with Crippen LogP contribution in [0.5, 0.6) is 0 Å². The van der Waals surface area contributed by atoms with E-state index >= 15 is 0 Å². The fraction of sp³-hybridized carbons (Fsp3) is 0.688. The van der Waals surface area contributed by atoms with E-state index in [-0.39, 0.29) is 12.5 Å². The van der Waals surface area contributed by atoms with E-state index in [1.165, 1.54) is 5.69 Å². The van der Waals surface area contributed by atoms with Gasteiger partial charge in [-0.3, -0.25) is 9.58 Å². The summed E-state index contributed by atoms with van der Waals surface area (Å²) in [5.41, 5.74) is 1.24. The van der Waals surface area contributed by atoms with Crippen LogP contribution in [0.25, 0.3) is 0 Å². The second-order valence-corrected chi connectivity index (χ2v) is 6.46. The lowest BCUT2D eigenvalue weighted by atomic mass is 9.93. The zero-order valence-electron chi connectivity index (χ0n) is 13.9. The molecule has 7 heteroatoms. The number of hydrogen-bond donors (Lipinski definition) is 1. The van der Waals surface area contributed by atoms with Crippen molar-refractivity contribution in [2.75, 3.05) is 19.7 Å². The van der Waals surface area contributed by atoms with Crippen molar-refractivity contribution in [3.63, 3.8) is 0 Å². The Labute approximate surface area is 136 Å². The maximum Gasteiger partial charge on any atom is 0.229 e. The maximum absolute atomic E-state index is 9.12. The van der Waals surface area contributed by atoms with Crippen molar-refractivity contribution in [1.29, 1.82) is 0 Å². The van der Waals surface area contributed by atoms with Gasteiger partial charge in [0.1, 0.15) is 0 Å². The van der Waals surface area contributed by atoms with Gasteiger partial charge in [0, 0.05) is 23.7 Å². The number of rotatable bonds is 6. The van der Waals surface area contributed by atoms with E-state index in [0.29, 0.717) is 18.4 Å². The lowest BCUT2D eigenvalue weighted by molar-refractivity contribution is 0.192. The van der Waals surface area contributed by atoms with Crippen molar-refractivity contribution in [1.82, 2.24) is 24.8 Å². The van der Waals surface area contributed by atoms with Crippen molar-refractivity contribution in [3.8, 4) is 0 Å². The summed E-state index contributed by atoms with van der Waals surface area (Å²) in [6.45, 7) is 7.59. The first-order chi connectivity index (χ1) is 11.2. The molecule has 1 saturated heterocycles. The zero-order chi connectivity index (χ0) is 16.2. The summed E-state index contributed by atoms with van der Waals surface area (Å²) in [7, 11) is 0. The Morgan fingerprint density at radius 3 is 2.78 bits per heavy atom. The van der Waals surface area contributed by atoms with Crippen LogP contribution in [0.3, 0.4) is 0 Å². The minimum Gasteiger partial charge on any atom is -0.394 e. The Morgan fingerprint density at radius 1 is 1.35 bits per heavy atom. The Hall–Kier alpha value is -1.73. The number of likely N-dealkylation sites (tertiary alicyclic amines) is 1. The molecular weight excluding hydrogens is 294 g/mol. The van der Waals surface area contributed by atoms with Gasteiger partial charge in [0.15, 0.2) is 5.82 Å². The van der Waals surface area contributed by atoms with Gasteiger partial charge in [-0.05, 0) is 32.0 Å². The second kappa shape index (κ2) is 7.23. The quantitative estimate of drug-likeness (QED) is 0.874. The predicted molar refractivity (Wildman–Crippen MR) is 85.0 cm³/mol. The Bertz CT molecular complexity index is 614. The van der Waals surface area contributed by atoms with Crippen LogP contribution in [0.4, 0.5) is 0 Å². The summed E-state index contributed by atoms with van der Waals surface area (Å²) in [6.07, 6.45) is 4.00. The van der Waals surface area contributed by atoms with E-state index in [0.717, 1.165) is 38.3 Å². The molecule has 1 fully saturated rings. The molecule has 0 amide bonds. The fourth-order valence-corrected chi connectivity index (χ4v) is 3.12. The first-order valence-electron chi connectivity index (χ1n) is 8.34. The van der Waals surface area contributed by atoms with E-state index in [4.69, 9.17) is 9.63 Å². The topological polar surface area (TPSA) is 80.2 Å². The van der Waals surface area contributed by atoms with Gasteiger partial charge >= 0.3 is 0 Å². The third-order valence-electron chi connectivity index (χ3n) is 4.41. The summed E-state index contributed by atoms with van der Waals surface area (Å²) in [5, 5.41) is 17.5. The van der Waals surface area contributed by atoms with E-state index in [1.807, 2.05) is 10.9 Å². The van der Waals surface area contributed by atoms with Crippen LogP contribution in [-0.4, -0.2) is 49.6 Å². The number of piperidine rings is 1. The number of aliphatic hydroxyl groups is 1. The van der Waals surface area contributed by atoms with Crippen LogP contribution in [-0.2, 0) is 13.1 Å². The lowest BCUT2D eigenvalue weighted by Gasteiger charge is -2.31. The molecule has 2 aromatic heterocycles. The van der Waals surface area contributed by atoms with Gasteiger partial charge in [0.05, 0.1) is 19.7 Å². The largest absolute Gasteiger partial charge is 0.394 e. The van der Waals surface area contributed by atoms with Crippen LogP contribution < -0.4 is 0 Å². The second-order valence-electron chi connectivity index (χ2n) is 6.46. The van der Waals surface area contributed by atoms with Crippen molar-refractivity contribution in [2.45, 2.75) is 51.6 Å². The Balaban J connectivity index is 1.54. The van der Waals surface area contributed by atoms with E-state index in [9.17, 15) is 0 Å². The van der Waals surface area contributed by atoms with Crippen LogP contribution >= 0.6 is 0 Å². The fourth-order valence-electron chi connectivity index (χ4n) is 3.12. The highest BCUT2D eigenvalue weighted by Gasteiger charge is 2.24. The molecule has 0 aliphatic carbocycles. The Kier molecular flexibility index (Phi) is 5.07. The highest BCUT2D eigenvalue weighted by molar-refractivity contribution is 5.09. The van der Waals surface area contributed by atoms with E-state index in [2.05, 4.69) is 40.1 Å². The third kappa shape index (κ3) is 3.79. The first-order valence-corrected chi connectivity index (χ1v) is 8.34. The predicted octanol–water partition coefficient (Wildman–Crippen LogP) is 1.76. The molecule has 3 heterocycles. The summed E-state index contributed by atoms with van der Waals surface area (Å²) >= 11 is 0. The average molecular weight is 319 g/mol. The van der Waals surface area contributed by atoms with Crippen molar-refractivity contribution in [2.24, 2.45) is 0 Å². The molecule has 1 N–H and O–H groups in total. The monoisotopic (exact) mass is 319 g/mol. The minimum absolute atomic E-state index is 0.129. The van der Waals surface area contributed by atoms with Gasteiger partial charge in [-0.2, -0.15) is 10.1 Å². The van der Waals surface area contributed by atoms with Gasteiger partial charge in [-0.1, -0.05) is 19.0 Å². The molecular formula is C16H25N5O2. The van der Waals surface area contributed by atoms with Crippen molar-refractivity contribution in [3.05, 3.63) is 29.7 Å². The first kappa shape index (κ1) is 16.1. The lowest BCUT2D eigenvalue weighted by Crippen LogP contribution is -2.33. The van der Waals surface area contributed by atoms with Gasteiger partial charge in [0.25, 0.3) is 0 Å². The molecule has 0 unspecified atom stereocenters. The maximum atomic E-state index is 9.12. The number of hydrogen-bond acceptors (Lipinski definition) is 6. The molecule has 0 spiro atoms. The Morgan fingerprint density at radius 2 is 2.13 bits per heavy atom. The van der Waals surface area contributed by atoms with Gasteiger partial charge < -0.3 is 9.63 Å². The van der Waals surface area contributed by atoms with E-state index in [1.54, 1.807) is 0 Å². The summed E-state index contributed by atoms with van der Waals surface area (Å²) in [5.74, 6) is 2.27. The average Bonchev–Trinajstić information content (AvgIpc) is 3.18. The minimum atomic E-state index is 0.129. The molecule has 126 valence electrons. The summed E-state index contributed by atoms with van der Waals surface area (Å²) < 4.78 is 7.19. The smallest absolute Gasteiger partial charge is 0.229 e. The van der Waals surface area contributed by atoms with Crippen LogP contribution in [0.1, 0.15) is 55.9 Å². The molecule has 1 aliphatic rings. The van der Waals surface area contributed by atoms with E-state index < -0.39 is 0 Å². The molecule has 0 atom stereocenters. The summed E-state index contributed by atoms with van der Waals surface area (Å²) in [6, 6.07) is 2.07. The standard InChI is InChI=1S/C16H25N5O2/c1-12(2)16-18-15(19-23-16)11-20-7-4-13(5-8-20)14-3-6-17-21(14)9-10-22/h3,6,12-13,22H,4-5,7-11H2,1-2H3. The highest BCUT2D eigenvalue weighted by atomic mass is 16.5. The molecule has 3 rings (SSSR count). The van der Waals surface area contributed by atoms with Crippen molar-refractivity contribution >= 4 is 0 Å². The number of aromatic nitrogens is 4. The normalized spacial score (nSPS) is 17.2. The number of aliphatic hydroxyl groups excluding tert-OH is 1. The van der Waals surface area contributed by atoms with Gasteiger partial charge in [0.2, 0.25) is 5.89 Å². The third-order valence-corrected chi connectivity index (χ3v) is 4.41. The molecule has 7 nitrogen and oxygen atoms in total. The molecule has 0 saturated carbocycles. The molecule has 0 aromatic carbocycles. The SMILES string of the molecule is CC(C)c1nc(CN2CCC(c3ccnn3CCO)CC2)no1. The van der Waals surface area contributed by atoms with Crippen LogP contribution in [0.2, 0.25) is 0 Å². The van der Waals surface area contributed by atoms with Crippen LogP contribution in [0.15, 0.2) is 16.8 Å². The highest BCUT2D eigenvalue weighted by Crippen LogP contribution is 2.28. The zero-order valence-corrected chi connectivity index (χ0v) is 13.9. The molecule has 2 aromatic rings. The summed E-state index contributed by atoms with van der Waals surface area (Å²) in [4.78, 5) is 6.82.